The highest BCUT2D eigenvalue weighted by atomic mass is 15.2. The maximum atomic E-state index is 8.28. The Bertz CT molecular complexity index is 233. The zero-order chi connectivity index (χ0) is 11.5. The third kappa shape index (κ3) is 2.58. The summed E-state index contributed by atoms with van der Waals surface area (Å²) < 4.78 is 0. The Hall–Kier alpha value is -0.530. The molecule has 0 aromatic carbocycles. The fourth-order valence-electron chi connectivity index (χ4n) is 3.26. The number of nitrogens with zero attached hydrogens (tertiary/aromatic N) is 1. The number of amidine groups is 1. The lowest BCUT2D eigenvalue weighted by Gasteiger charge is -2.37. The van der Waals surface area contributed by atoms with Crippen molar-refractivity contribution in [3.8, 4) is 0 Å². The minimum Gasteiger partial charge on any atom is -0.360 e. The van der Waals surface area contributed by atoms with Crippen LogP contribution in [0.3, 0.4) is 0 Å². The fraction of sp³-hybridized carbons (Fsp3) is 0.929. The lowest BCUT2D eigenvalue weighted by Crippen LogP contribution is -2.41. The molecule has 2 nitrogen and oxygen atoms in total. The summed E-state index contributed by atoms with van der Waals surface area (Å²) in [5.74, 6) is 3.27. The summed E-state index contributed by atoms with van der Waals surface area (Å²) in [6.45, 7) is 6.95. The van der Waals surface area contributed by atoms with Gasteiger partial charge in [-0.05, 0) is 37.5 Å². The fourth-order valence-corrected chi connectivity index (χ4v) is 3.26. The van der Waals surface area contributed by atoms with Crippen molar-refractivity contribution >= 4 is 5.84 Å². The Morgan fingerprint density at radius 1 is 1.06 bits per heavy atom. The van der Waals surface area contributed by atoms with Gasteiger partial charge in [-0.1, -0.05) is 26.7 Å². The Balaban J connectivity index is 1.81. The van der Waals surface area contributed by atoms with Crippen molar-refractivity contribution in [2.45, 2.75) is 52.4 Å². The molecule has 1 aliphatic heterocycles. The van der Waals surface area contributed by atoms with Crippen LogP contribution in [0.15, 0.2) is 0 Å². The zero-order valence-corrected chi connectivity index (χ0v) is 10.8. The number of likely N-dealkylation sites (tertiary alicyclic amines) is 1. The number of nitrogens with one attached hydrogen (secondary N) is 1. The van der Waals surface area contributed by atoms with Gasteiger partial charge in [-0.25, -0.2) is 0 Å². The summed E-state index contributed by atoms with van der Waals surface area (Å²) in [5.41, 5.74) is 0. The van der Waals surface area contributed by atoms with Gasteiger partial charge in [-0.3, -0.25) is 5.41 Å². The molecule has 1 saturated carbocycles. The molecule has 0 unspecified atom stereocenters. The van der Waals surface area contributed by atoms with Gasteiger partial charge in [0.15, 0.2) is 0 Å². The van der Waals surface area contributed by atoms with E-state index in [1.165, 1.54) is 38.5 Å². The summed E-state index contributed by atoms with van der Waals surface area (Å²) in [6.07, 6.45) is 7.82. The molecule has 1 saturated heterocycles. The van der Waals surface area contributed by atoms with Gasteiger partial charge in [0.2, 0.25) is 0 Å². The van der Waals surface area contributed by atoms with E-state index in [1.807, 2.05) is 0 Å². The van der Waals surface area contributed by atoms with E-state index in [1.54, 1.807) is 0 Å². The molecule has 2 aliphatic rings. The van der Waals surface area contributed by atoms with Crippen LogP contribution in [-0.2, 0) is 0 Å². The van der Waals surface area contributed by atoms with Crippen LogP contribution < -0.4 is 0 Å². The molecule has 0 aromatic rings. The molecule has 16 heavy (non-hydrogen) atoms. The summed E-state index contributed by atoms with van der Waals surface area (Å²) in [6, 6.07) is 0. The second-order valence-corrected chi connectivity index (χ2v) is 5.94. The number of hydrogen-bond donors (Lipinski definition) is 1. The first-order valence-corrected chi connectivity index (χ1v) is 7.02. The molecular formula is C14H26N2. The molecule has 0 amide bonds. The largest absolute Gasteiger partial charge is 0.360 e. The second-order valence-electron chi connectivity index (χ2n) is 5.94. The van der Waals surface area contributed by atoms with Crippen LogP contribution in [-0.4, -0.2) is 23.8 Å². The maximum absolute atomic E-state index is 8.28. The van der Waals surface area contributed by atoms with Crippen molar-refractivity contribution < 1.29 is 0 Å². The summed E-state index contributed by atoms with van der Waals surface area (Å²) in [5, 5.41) is 8.28. The molecule has 1 aliphatic carbocycles. The monoisotopic (exact) mass is 222 g/mol. The molecule has 0 atom stereocenters. The van der Waals surface area contributed by atoms with Crippen molar-refractivity contribution in [2.75, 3.05) is 13.1 Å². The SMILES string of the molecule is CC(C)C1CCN(C(=N)C2CCCC2)CC1. The Kier molecular flexibility index (Phi) is 3.88. The lowest BCUT2D eigenvalue weighted by atomic mass is 9.86. The summed E-state index contributed by atoms with van der Waals surface area (Å²) >= 11 is 0. The van der Waals surface area contributed by atoms with E-state index >= 15 is 0 Å². The highest BCUT2D eigenvalue weighted by molar-refractivity contribution is 5.82. The first-order chi connectivity index (χ1) is 7.68. The molecule has 0 radical (unpaired) electrons. The number of piperidine rings is 1. The average Bonchev–Trinajstić information content (AvgIpc) is 2.81. The summed E-state index contributed by atoms with van der Waals surface area (Å²) in [4.78, 5) is 2.36. The van der Waals surface area contributed by atoms with Crippen LogP contribution in [0.1, 0.15) is 52.4 Å². The molecule has 1 N–H and O–H groups in total. The molecule has 2 rings (SSSR count). The van der Waals surface area contributed by atoms with Crippen LogP contribution in [0.4, 0.5) is 0 Å². The highest BCUT2D eigenvalue weighted by Gasteiger charge is 2.28. The van der Waals surface area contributed by atoms with Crippen LogP contribution in [0.2, 0.25) is 0 Å². The maximum Gasteiger partial charge on any atom is 0.0989 e. The van der Waals surface area contributed by atoms with E-state index in [9.17, 15) is 0 Å². The molecule has 0 aromatic heterocycles. The van der Waals surface area contributed by atoms with Crippen molar-refractivity contribution in [2.24, 2.45) is 17.8 Å². The predicted octanol–water partition coefficient (Wildman–Crippen LogP) is 3.52. The van der Waals surface area contributed by atoms with Crippen molar-refractivity contribution in [3.05, 3.63) is 0 Å². The van der Waals surface area contributed by atoms with Gasteiger partial charge in [-0.2, -0.15) is 0 Å². The Labute approximate surface area is 99.9 Å². The van der Waals surface area contributed by atoms with Gasteiger partial charge in [0, 0.05) is 19.0 Å². The average molecular weight is 222 g/mol. The zero-order valence-electron chi connectivity index (χ0n) is 10.8. The third-order valence-corrected chi connectivity index (χ3v) is 4.56. The van der Waals surface area contributed by atoms with E-state index in [2.05, 4.69) is 18.7 Å². The van der Waals surface area contributed by atoms with Crippen LogP contribution in [0.5, 0.6) is 0 Å². The first-order valence-electron chi connectivity index (χ1n) is 7.02. The predicted molar refractivity (Wildman–Crippen MR) is 68.8 cm³/mol. The highest BCUT2D eigenvalue weighted by Crippen LogP contribution is 2.30. The molecule has 0 bridgehead atoms. The number of hydrogen-bond acceptors (Lipinski definition) is 1. The van der Waals surface area contributed by atoms with E-state index in [4.69, 9.17) is 5.41 Å². The van der Waals surface area contributed by atoms with Crippen LogP contribution in [0, 0.1) is 23.2 Å². The van der Waals surface area contributed by atoms with Crippen molar-refractivity contribution in [1.29, 1.82) is 5.41 Å². The molecule has 92 valence electrons. The van der Waals surface area contributed by atoms with Crippen molar-refractivity contribution in [3.63, 3.8) is 0 Å². The van der Waals surface area contributed by atoms with Gasteiger partial charge in [0.25, 0.3) is 0 Å². The van der Waals surface area contributed by atoms with Gasteiger partial charge in [0.05, 0.1) is 5.84 Å². The lowest BCUT2D eigenvalue weighted by molar-refractivity contribution is 0.213. The Morgan fingerprint density at radius 2 is 1.62 bits per heavy atom. The van der Waals surface area contributed by atoms with Gasteiger partial charge in [0.1, 0.15) is 0 Å². The normalized spacial score (nSPS) is 24.3. The van der Waals surface area contributed by atoms with Crippen LogP contribution in [0.25, 0.3) is 0 Å². The first kappa shape index (κ1) is 11.9. The molecular weight excluding hydrogens is 196 g/mol. The molecule has 0 spiro atoms. The van der Waals surface area contributed by atoms with Crippen LogP contribution >= 0.6 is 0 Å². The molecule has 2 heteroatoms. The third-order valence-electron chi connectivity index (χ3n) is 4.56. The van der Waals surface area contributed by atoms with E-state index in [0.29, 0.717) is 5.92 Å². The van der Waals surface area contributed by atoms with E-state index < -0.39 is 0 Å². The molecule has 2 fully saturated rings. The standard InChI is InChI=1S/C14H26N2/c1-11(2)12-7-9-16(10-8-12)14(15)13-5-3-4-6-13/h11-13,15H,3-10H2,1-2H3. The summed E-state index contributed by atoms with van der Waals surface area (Å²) in [7, 11) is 0. The minimum absolute atomic E-state index is 0.593. The Morgan fingerprint density at radius 3 is 2.12 bits per heavy atom. The van der Waals surface area contributed by atoms with E-state index in [-0.39, 0.29) is 0 Å². The quantitative estimate of drug-likeness (QED) is 0.561. The van der Waals surface area contributed by atoms with Gasteiger partial charge >= 0.3 is 0 Å². The second kappa shape index (κ2) is 5.20. The van der Waals surface area contributed by atoms with Gasteiger partial charge in [-0.15, -0.1) is 0 Å². The minimum atomic E-state index is 0.593. The topological polar surface area (TPSA) is 27.1 Å². The van der Waals surface area contributed by atoms with Crippen molar-refractivity contribution in [1.82, 2.24) is 4.90 Å². The molecule has 1 heterocycles. The van der Waals surface area contributed by atoms with Gasteiger partial charge < -0.3 is 4.90 Å². The smallest absolute Gasteiger partial charge is 0.0989 e. The van der Waals surface area contributed by atoms with E-state index in [0.717, 1.165) is 30.8 Å². The number of rotatable bonds is 2.